The van der Waals surface area contributed by atoms with Gasteiger partial charge < -0.3 is 4.74 Å². The van der Waals surface area contributed by atoms with Gasteiger partial charge in [0, 0.05) is 3.57 Å². The molecule has 0 radical (unpaired) electrons. The Kier molecular flexibility index (Phi) is 3.69. The van der Waals surface area contributed by atoms with Crippen molar-refractivity contribution in [2.24, 2.45) is 0 Å². The van der Waals surface area contributed by atoms with Crippen LogP contribution in [0.4, 0.5) is 17.6 Å². The van der Waals surface area contributed by atoms with Gasteiger partial charge in [-0.15, -0.1) is 0 Å². The number of benzene rings is 1. The van der Waals surface area contributed by atoms with Gasteiger partial charge in [-0.3, -0.25) is 0 Å². The summed E-state index contributed by atoms with van der Waals surface area (Å²) in [4.78, 5) is 2.42. The van der Waals surface area contributed by atoms with E-state index in [9.17, 15) is 17.6 Å². The Morgan fingerprint density at radius 3 is 1.89 bits per heavy atom. The number of hydrogen-bond acceptors (Lipinski definition) is 2. The maximum atomic E-state index is 13.2. The van der Waals surface area contributed by atoms with E-state index in [-0.39, 0.29) is 5.75 Å². The van der Waals surface area contributed by atoms with Gasteiger partial charge in [-0.25, -0.2) is 0 Å². The molecule has 7 heteroatoms. The highest BCUT2D eigenvalue weighted by Crippen LogP contribution is 2.29. The number of halogens is 5. The molecule has 1 aromatic heterocycles. The lowest BCUT2D eigenvalue weighted by Crippen LogP contribution is -2.03. The van der Waals surface area contributed by atoms with Crippen LogP contribution in [0.5, 0.6) is 11.5 Å². The number of nitrogens with zero attached hydrogens (tertiary/aromatic N) is 1. The summed E-state index contributed by atoms with van der Waals surface area (Å²) < 4.78 is 57.8. The van der Waals surface area contributed by atoms with Gasteiger partial charge in [0.15, 0.2) is 0 Å². The van der Waals surface area contributed by atoms with E-state index in [1.165, 1.54) is 12.1 Å². The Bertz CT molecular complexity index is 562. The van der Waals surface area contributed by atoms with Crippen LogP contribution in [0.1, 0.15) is 0 Å². The molecule has 1 aromatic carbocycles. The fourth-order valence-electron chi connectivity index (χ4n) is 1.18. The Hall–Kier alpha value is -1.38. The number of aromatic nitrogens is 1. The molecule has 0 aliphatic heterocycles. The lowest BCUT2D eigenvalue weighted by atomic mass is 10.3. The molecule has 0 N–H and O–H groups in total. The molecule has 0 spiro atoms. The molecule has 0 fully saturated rings. The molecule has 0 saturated heterocycles. The van der Waals surface area contributed by atoms with Gasteiger partial charge in [0.05, 0.1) is 0 Å². The van der Waals surface area contributed by atoms with Crippen LogP contribution in [0.3, 0.4) is 0 Å². The minimum absolute atomic E-state index is 0.0539. The molecule has 94 valence electrons. The van der Waals surface area contributed by atoms with Crippen molar-refractivity contribution in [3.05, 3.63) is 51.4 Å². The van der Waals surface area contributed by atoms with Crippen molar-refractivity contribution in [3.8, 4) is 11.5 Å². The van der Waals surface area contributed by atoms with Crippen LogP contribution in [0, 0.1) is 27.1 Å². The summed E-state index contributed by atoms with van der Waals surface area (Å²) in [5, 5.41) is 0. The molecule has 18 heavy (non-hydrogen) atoms. The Morgan fingerprint density at radius 1 is 0.889 bits per heavy atom. The van der Waals surface area contributed by atoms with Gasteiger partial charge in [0.2, 0.25) is 17.4 Å². The molecule has 1 heterocycles. The molecule has 0 bridgehead atoms. The third-order valence-corrected chi connectivity index (χ3v) is 2.71. The summed E-state index contributed by atoms with van der Waals surface area (Å²) >= 11 is 2.02. The monoisotopic (exact) mass is 369 g/mol. The normalized spacial score (nSPS) is 10.5. The Morgan fingerprint density at radius 2 is 1.39 bits per heavy atom. The van der Waals surface area contributed by atoms with Gasteiger partial charge >= 0.3 is 0 Å². The molecular formula is C11H4F4INO. The maximum absolute atomic E-state index is 13.2. The summed E-state index contributed by atoms with van der Waals surface area (Å²) in [7, 11) is 0. The lowest BCUT2D eigenvalue weighted by molar-refractivity contribution is 0.343. The van der Waals surface area contributed by atoms with Crippen molar-refractivity contribution >= 4 is 22.6 Å². The van der Waals surface area contributed by atoms with Crippen molar-refractivity contribution in [2.75, 3.05) is 0 Å². The van der Waals surface area contributed by atoms with Crippen molar-refractivity contribution in [1.29, 1.82) is 0 Å². The van der Waals surface area contributed by atoms with Crippen LogP contribution in [-0.2, 0) is 0 Å². The molecule has 2 rings (SSSR count). The molecule has 0 atom stereocenters. The van der Waals surface area contributed by atoms with Crippen LogP contribution >= 0.6 is 22.6 Å². The van der Waals surface area contributed by atoms with Crippen LogP contribution in [0.2, 0.25) is 0 Å². The highest BCUT2D eigenvalue weighted by molar-refractivity contribution is 14.1. The molecular weight excluding hydrogens is 365 g/mol. The fourth-order valence-corrected chi connectivity index (χ4v) is 1.54. The topological polar surface area (TPSA) is 22.1 Å². The first-order valence-corrected chi connectivity index (χ1v) is 5.70. The molecule has 0 saturated carbocycles. The zero-order valence-electron chi connectivity index (χ0n) is 8.55. The number of ether oxygens (including phenoxy) is 1. The van der Waals surface area contributed by atoms with E-state index in [0.717, 1.165) is 3.57 Å². The number of rotatable bonds is 2. The third-order valence-electron chi connectivity index (χ3n) is 1.99. The van der Waals surface area contributed by atoms with Crippen LogP contribution in [-0.4, -0.2) is 4.98 Å². The van der Waals surface area contributed by atoms with Gasteiger partial charge in [0.25, 0.3) is 11.9 Å². The van der Waals surface area contributed by atoms with Gasteiger partial charge in [0.1, 0.15) is 5.75 Å². The molecule has 0 aliphatic rings. The maximum Gasteiger partial charge on any atom is 0.255 e. The molecule has 0 aliphatic carbocycles. The van der Waals surface area contributed by atoms with E-state index in [2.05, 4.69) is 4.98 Å². The van der Waals surface area contributed by atoms with Crippen molar-refractivity contribution in [3.63, 3.8) is 0 Å². The molecule has 0 unspecified atom stereocenters. The second-order valence-corrected chi connectivity index (χ2v) is 4.45. The number of hydrogen-bond donors (Lipinski definition) is 0. The van der Waals surface area contributed by atoms with E-state index in [0.29, 0.717) is 0 Å². The predicted octanol–water partition coefficient (Wildman–Crippen LogP) is 4.03. The molecule has 0 amide bonds. The van der Waals surface area contributed by atoms with E-state index >= 15 is 0 Å². The highest BCUT2D eigenvalue weighted by atomic mass is 127. The minimum atomic E-state index is -1.76. The zero-order valence-corrected chi connectivity index (χ0v) is 10.7. The summed E-state index contributed by atoms with van der Waals surface area (Å²) in [6, 6.07) is 6.05. The first-order chi connectivity index (χ1) is 8.49. The van der Waals surface area contributed by atoms with Crippen molar-refractivity contribution < 1.29 is 22.3 Å². The van der Waals surface area contributed by atoms with E-state index in [1.54, 1.807) is 12.1 Å². The average molecular weight is 369 g/mol. The van der Waals surface area contributed by atoms with Crippen LogP contribution < -0.4 is 4.74 Å². The second-order valence-electron chi connectivity index (χ2n) is 3.21. The lowest BCUT2D eigenvalue weighted by Gasteiger charge is -2.08. The van der Waals surface area contributed by atoms with E-state index in [4.69, 9.17) is 4.74 Å². The van der Waals surface area contributed by atoms with E-state index < -0.39 is 29.3 Å². The van der Waals surface area contributed by atoms with E-state index in [1.807, 2.05) is 22.6 Å². The third kappa shape index (κ3) is 2.55. The largest absolute Gasteiger partial charge is 0.451 e. The first-order valence-electron chi connectivity index (χ1n) is 4.62. The Balaban J connectivity index is 2.42. The van der Waals surface area contributed by atoms with Gasteiger partial charge in [-0.05, 0) is 46.9 Å². The average Bonchev–Trinajstić information content (AvgIpc) is 2.34. The summed E-state index contributed by atoms with van der Waals surface area (Å²) in [5.74, 6) is -7.96. The van der Waals surface area contributed by atoms with Gasteiger partial charge in [-0.2, -0.15) is 22.5 Å². The van der Waals surface area contributed by atoms with Crippen molar-refractivity contribution in [2.45, 2.75) is 0 Å². The standard InChI is InChI=1S/C11H4F4INO/c12-7-9(8(13)11(15)17-10(7)14)18-6-3-1-5(16)2-4-6/h1-4H. The summed E-state index contributed by atoms with van der Waals surface area (Å²) in [5.41, 5.74) is 0. The molecule has 2 nitrogen and oxygen atoms in total. The second kappa shape index (κ2) is 5.09. The Labute approximate surface area is 113 Å². The zero-order chi connectivity index (χ0) is 13.3. The highest BCUT2D eigenvalue weighted by Gasteiger charge is 2.22. The molecule has 2 aromatic rings. The predicted molar refractivity (Wildman–Crippen MR) is 63.3 cm³/mol. The minimum Gasteiger partial charge on any atom is -0.451 e. The van der Waals surface area contributed by atoms with Crippen LogP contribution in [0.15, 0.2) is 24.3 Å². The van der Waals surface area contributed by atoms with Crippen LogP contribution in [0.25, 0.3) is 0 Å². The first kappa shape index (κ1) is 13.1. The quantitative estimate of drug-likeness (QED) is 0.453. The summed E-state index contributed by atoms with van der Waals surface area (Å²) in [6.07, 6.45) is 0. The fraction of sp³-hybridized carbons (Fsp3) is 0. The van der Waals surface area contributed by atoms with Crippen molar-refractivity contribution in [1.82, 2.24) is 4.98 Å². The smallest absolute Gasteiger partial charge is 0.255 e. The number of pyridine rings is 1. The van der Waals surface area contributed by atoms with Gasteiger partial charge in [-0.1, -0.05) is 0 Å². The SMILES string of the molecule is Fc1nc(F)c(F)c(Oc2ccc(I)cc2)c1F. The summed E-state index contributed by atoms with van der Waals surface area (Å²) in [6.45, 7) is 0.